The summed E-state index contributed by atoms with van der Waals surface area (Å²) in [5, 5.41) is 2.63. The minimum atomic E-state index is -4.43. The third-order valence-electron chi connectivity index (χ3n) is 4.36. The van der Waals surface area contributed by atoms with Crippen LogP contribution in [0.2, 0.25) is 0 Å². The number of carbonyl (C=O) groups excluding carboxylic acids is 1. The Labute approximate surface area is 177 Å². The molecule has 0 aliphatic heterocycles. The van der Waals surface area contributed by atoms with Crippen LogP contribution in [0.5, 0.6) is 11.5 Å². The molecule has 0 atom stereocenters. The number of nitrogens with zero attached hydrogens (tertiary/aromatic N) is 1. The van der Waals surface area contributed by atoms with Crippen LogP contribution in [0, 0.1) is 0 Å². The Morgan fingerprint density at radius 1 is 0.968 bits per heavy atom. The number of nitrogens with one attached hydrogen (secondary N) is 1. The van der Waals surface area contributed by atoms with Crippen LogP contribution >= 0.6 is 0 Å². The van der Waals surface area contributed by atoms with E-state index in [0.717, 1.165) is 17.7 Å². The van der Waals surface area contributed by atoms with Crippen molar-refractivity contribution in [3.05, 3.63) is 89.2 Å². The summed E-state index contributed by atoms with van der Waals surface area (Å²) in [6.45, 7) is 2.46. The number of benzene rings is 2. The molecule has 0 saturated carbocycles. The molecule has 162 valence electrons. The van der Waals surface area contributed by atoms with Crippen molar-refractivity contribution in [2.24, 2.45) is 0 Å². The summed E-state index contributed by atoms with van der Waals surface area (Å²) in [6.07, 6.45) is -1.10. The fourth-order valence-electron chi connectivity index (χ4n) is 2.82. The third kappa shape index (κ3) is 6.21. The number of amides is 1. The van der Waals surface area contributed by atoms with Crippen LogP contribution in [0.15, 0.2) is 67.0 Å². The predicted molar refractivity (Wildman–Crippen MR) is 109 cm³/mol. The molecular formula is C23H21F3N2O3. The fraction of sp³-hybridized carbons (Fsp3) is 0.217. The molecule has 31 heavy (non-hydrogen) atoms. The Kier molecular flexibility index (Phi) is 7.12. The zero-order chi connectivity index (χ0) is 22.3. The molecule has 0 aliphatic carbocycles. The van der Waals surface area contributed by atoms with Crippen molar-refractivity contribution in [1.82, 2.24) is 10.3 Å². The molecule has 3 aromatic rings. The van der Waals surface area contributed by atoms with Crippen LogP contribution in [0.25, 0.3) is 0 Å². The number of hydrogen-bond donors (Lipinski definition) is 1. The molecular weight excluding hydrogens is 409 g/mol. The highest BCUT2D eigenvalue weighted by molar-refractivity contribution is 5.94. The number of alkyl halides is 3. The molecule has 0 unspecified atom stereocenters. The minimum absolute atomic E-state index is 0.0347. The SMILES string of the molecule is CCOc1cc(C(=O)NCc2cccc(C(F)(F)F)c2)ccc1OCc1ccncc1. The van der Waals surface area contributed by atoms with Gasteiger partial charge in [-0.15, -0.1) is 0 Å². The normalized spacial score (nSPS) is 11.1. The highest BCUT2D eigenvalue weighted by atomic mass is 19.4. The van der Waals surface area contributed by atoms with Gasteiger partial charge in [-0.1, -0.05) is 12.1 Å². The molecule has 1 aromatic heterocycles. The Bertz CT molecular complexity index is 1020. The maximum atomic E-state index is 12.8. The summed E-state index contributed by atoms with van der Waals surface area (Å²) in [5.41, 5.74) is 0.839. The summed E-state index contributed by atoms with van der Waals surface area (Å²) >= 11 is 0. The summed E-state index contributed by atoms with van der Waals surface area (Å²) < 4.78 is 49.9. The molecule has 1 amide bonds. The lowest BCUT2D eigenvalue weighted by atomic mass is 10.1. The van der Waals surface area contributed by atoms with E-state index >= 15 is 0 Å². The molecule has 0 aliphatic rings. The number of carbonyl (C=O) groups is 1. The Balaban J connectivity index is 1.67. The smallest absolute Gasteiger partial charge is 0.416 e. The van der Waals surface area contributed by atoms with E-state index in [-0.39, 0.29) is 6.54 Å². The van der Waals surface area contributed by atoms with Crippen LogP contribution < -0.4 is 14.8 Å². The van der Waals surface area contributed by atoms with Gasteiger partial charge >= 0.3 is 6.18 Å². The van der Waals surface area contributed by atoms with Gasteiger partial charge in [0.1, 0.15) is 6.61 Å². The molecule has 0 saturated heterocycles. The maximum absolute atomic E-state index is 12.8. The van der Waals surface area contributed by atoms with E-state index in [1.807, 2.05) is 19.1 Å². The number of pyridine rings is 1. The molecule has 0 spiro atoms. The first-order chi connectivity index (χ1) is 14.9. The van der Waals surface area contributed by atoms with Crippen LogP contribution in [0.1, 0.15) is 34.0 Å². The van der Waals surface area contributed by atoms with Gasteiger partial charge in [-0.3, -0.25) is 9.78 Å². The maximum Gasteiger partial charge on any atom is 0.416 e. The molecule has 5 nitrogen and oxygen atoms in total. The quantitative estimate of drug-likeness (QED) is 0.546. The van der Waals surface area contributed by atoms with Crippen molar-refractivity contribution in [3.63, 3.8) is 0 Å². The topological polar surface area (TPSA) is 60.5 Å². The first kappa shape index (κ1) is 22.1. The first-order valence-corrected chi connectivity index (χ1v) is 9.59. The number of aromatic nitrogens is 1. The average molecular weight is 430 g/mol. The van der Waals surface area contributed by atoms with E-state index in [0.29, 0.717) is 35.8 Å². The highest BCUT2D eigenvalue weighted by Crippen LogP contribution is 2.30. The number of ether oxygens (including phenoxy) is 2. The second-order valence-corrected chi connectivity index (χ2v) is 6.62. The van der Waals surface area contributed by atoms with Gasteiger partial charge < -0.3 is 14.8 Å². The van der Waals surface area contributed by atoms with Crippen molar-refractivity contribution >= 4 is 5.91 Å². The monoisotopic (exact) mass is 430 g/mol. The highest BCUT2D eigenvalue weighted by Gasteiger charge is 2.30. The van der Waals surface area contributed by atoms with Gasteiger partial charge in [0.15, 0.2) is 11.5 Å². The standard InChI is InChI=1S/C23H21F3N2O3/c1-2-30-21-13-18(6-7-20(21)31-15-16-8-10-27-11-9-16)22(29)28-14-17-4-3-5-19(12-17)23(24,25)26/h3-13H,2,14-15H2,1H3,(H,28,29). The molecule has 2 aromatic carbocycles. The van der Waals surface area contributed by atoms with Gasteiger partial charge in [0, 0.05) is 24.5 Å². The lowest BCUT2D eigenvalue weighted by molar-refractivity contribution is -0.137. The molecule has 8 heteroatoms. The van der Waals surface area contributed by atoms with Crippen molar-refractivity contribution in [2.45, 2.75) is 26.3 Å². The van der Waals surface area contributed by atoms with Gasteiger partial charge in [-0.05, 0) is 60.5 Å². The van der Waals surface area contributed by atoms with Crippen LogP contribution in [0.4, 0.5) is 13.2 Å². The van der Waals surface area contributed by atoms with Crippen molar-refractivity contribution < 1.29 is 27.4 Å². The largest absolute Gasteiger partial charge is 0.490 e. The molecule has 0 bridgehead atoms. The summed E-state index contributed by atoms with van der Waals surface area (Å²) in [7, 11) is 0. The zero-order valence-electron chi connectivity index (χ0n) is 16.8. The Morgan fingerprint density at radius 3 is 2.45 bits per heavy atom. The van der Waals surface area contributed by atoms with Crippen molar-refractivity contribution in [3.8, 4) is 11.5 Å². The fourth-order valence-corrected chi connectivity index (χ4v) is 2.82. The van der Waals surface area contributed by atoms with Gasteiger partial charge in [-0.25, -0.2) is 0 Å². The average Bonchev–Trinajstić information content (AvgIpc) is 2.77. The van der Waals surface area contributed by atoms with Gasteiger partial charge in [0.05, 0.1) is 12.2 Å². The molecule has 3 rings (SSSR count). The third-order valence-corrected chi connectivity index (χ3v) is 4.36. The molecule has 0 fully saturated rings. The lowest BCUT2D eigenvalue weighted by Gasteiger charge is -2.14. The second kappa shape index (κ2) is 9.97. The van der Waals surface area contributed by atoms with E-state index in [1.54, 1.807) is 30.6 Å². The van der Waals surface area contributed by atoms with Crippen molar-refractivity contribution in [1.29, 1.82) is 0 Å². The lowest BCUT2D eigenvalue weighted by Crippen LogP contribution is -2.23. The number of rotatable bonds is 8. The van der Waals surface area contributed by atoms with Crippen molar-refractivity contribution in [2.75, 3.05) is 6.61 Å². The van der Waals surface area contributed by atoms with E-state index in [4.69, 9.17) is 9.47 Å². The molecule has 0 radical (unpaired) electrons. The number of hydrogen-bond acceptors (Lipinski definition) is 4. The predicted octanol–water partition coefficient (Wildman–Crippen LogP) is 5.01. The summed E-state index contributed by atoms with van der Waals surface area (Å²) in [5.74, 6) is 0.454. The minimum Gasteiger partial charge on any atom is -0.490 e. The van der Waals surface area contributed by atoms with Gasteiger partial charge in [-0.2, -0.15) is 13.2 Å². The first-order valence-electron chi connectivity index (χ1n) is 9.59. The Hall–Kier alpha value is -3.55. The van der Waals surface area contributed by atoms with Gasteiger partial charge in [0.2, 0.25) is 0 Å². The Morgan fingerprint density at radius 2 is 1.74 bits per heavy atom. The van der Waals surface area contributed by atoms with Crippen LogP contribution in [-0.2, 0) is 19.3 Å². The number of halogens is 3. The van der Waals surface area contributed by atoms with E-state index in [1.165, 1.54) is 12.1 Å². The summed E-state index contributed by atoms with van der Waals surface area (Å²) in [6, 6.07) is 13.3. The van der Waals surface area contributed by atoms with Crippen LogP contribution in [-0.4, -0.2) is 17.5 Å². The van der Waals surface area contributed by atoms with E-state index in [9.17, 15) is 18.0 Å². The molecule has 1 heterocycles. The zero-order valence-corrected chi connectivity index (χ0v) is 16.8. The van der Waals surface area contributed by atoms with E-state index in [2.05, 4.69) is 10.3 Å². The molecule has 1 N–H and O–H groups in total. The van der Waals surface area contributed by atoms with Gasteiger partial charge in [0.25, 0.3) is 5.91 Å². The van der Waals surface area contributed by atoms with Crippen LogP contribution in [0.3, 0.4) is 0 Å². The summed E-state index contributed by atoms with van der Waals surface area (Å²) in [4.78, 5) is 16.5. The second-order valence-electron chi connectivity index (χ2n) is 6.62. The van der Waals surface area contributed by atoms with E-state index < -0.39 is 17.6 Å².